The Morgan fingerprint density at radius 1 is 1.07 bits per heavy atom. The van der Waals surface area contributed by atoms with Gasteiger partial charge in [-0.05, 0) is 61.4 Å². The molecule has 2 aliphatic heterocycles. The van der Waals surface area contributed by atoms with Gasteiger partial charge in [-0.25, -0.2) is 4.79 Å². The first kappa shape index (κ1) is 17.9. The van der Waals surface area contributed by atoms with Crippen molar-refractivity contribution in [2.75, 3.05) is 37.2 Å². The molecule has 5 heteroatoms. The fourth-order valence-electron chi connectivity index (χ4n) is 4.19. The van der Waals surface area contributed by atoms with Crippen molar-refractivity contribution in [3.05, 3.63) is 48.0 Å². The van der Waals surface area contributed by atoms with Gasteiger partial charge in [-0.1, -0.05) is 35.9 Å². The van der Waals surface area contributed by atoms with Crippen LogP contribution in [0.3, 0.4) is 0 Å². The maximum Gasteiger partial charge on any atom is 0.321 e. The van der Waals surface area contributed by atoms with Gasteiger partial charge in [-0.2, -0.15) is 0 Å². The first-order valence-electron chi connectivity index (χ1n) is 9.78. The van der Waals surface area contributed by atoms with Crippen molar-refractivity contribution >= 4 is 17.4 Å². The number of nitrogen functional groups attached to an aromatic ring is 1. The summed E-state index contributed by atoms with van der Waals surface area (Å²) in [5.41, 5.74) is 11.2. The number of piperidine rings is 1. The molecule has 0 radical (unpaired) electrons. The van der Waals surface area contributed by atoms with Gasteiger partial charge in [0.25, 0.3) is 0 Å². The summed E-state index contributed by atoms with van der Waals surface area (Å²) in [6, 6.07) is 14.1. The summed E-state index contributed by atoms with van der Waals surface area (Å²) in [6.07, 6.45) is 3.38. The number of anilines is 2. The summed E-state index contributed by atoms with van der Waals surface area (Å²) in [4.78, 5) is 14.7. The molecule has 2 heterocycles. The summed E-state index contributed by atoms with van der Waals surface area (Å²) >= 11 is 0. The zero-order chi connectivity index (χ0) is 18.9. The number of amides is 2. The second-order valence-electron chi connectivity index (χ2n) is 8.01. The Hall–Kier alpha value is -2.53. The molecular formula is C22H28N4O. The summed E-state index contributed by atoms with van der Waals surface area (Å²) in [6.45, 7) is 5.89. The number of nitrogens with one attached hydrogen (secondary N) is 2. The Morgan fingerprint density at radius 2 is 1.78 bits per heavy atom. The highest BCUT2D eigenvalue weighted by atomic mass is 16.2. The van der Waals surface area contributed by atoms with Crippen LogP contribution in [0.25, 0.3) is 11.1 Å². The van der Waals surface area contributed by atoms with Gasteiger partial charge in [0.2, 0.25) is 0 Å². The highest BCUT2D eigenvalue weighted by molar-refractivity contribution is 5.94. The quantitative estimate of drug-likeness (QED) is 0.709. The lowest BCUT2D eigenvalue weighted by Crippen LogP contribution is -2.45. The van der Waals surface area contributed by atoms with E-state index in [4.69, 9.17) is 5.73 Å². The number of aryl methyl sites for hydroxylation is 1. The van der Waals surface area contributed by atoms with Crippen LogP contribution >= 0.6 is 0 Å². The molecule has 5 nitrogen and oxygen atoms in total. The molecule has 0 aromatic heterocycles. The Morgan fingerprint density at radius 3 is 2.44 bits per heavy atom. The Labute approximate surface area is 160 Å². The molecular weight excluding hydrogens is 336 g/mol. The van der Waals surface area contributed by atoms with E-state index >= 15 is 0 Å². The monoisotopic (exact) mass is 364 g/mol. The number of benzene rings is 2. The van der Waals surface area contributed by atoms with Gasteiger partial charge in [-0.3, -0.25) is 0 Å². The molecule has 2 aromatic rings. The molecule has 27 heavy (non-hydrogen) atoms. The van der Waals surface area contributed by atoms with Crippen LogP contribution in [0.2, 0.25) is 0 Å². The maximum absolute atomic E-state index is 12.8. The largest absolute Gasteiger partial charge is 0.397 e. The number of likely N-dealkylation sites (tertiary alicyclic amines) is 1. The minimum atomic E-state index is -0.0523. The SMILES string of the molecule is Cc1ccc(-c2ccc(N)c(NC(=O)N3CCC4(CCNC4)CC3)c2)cc1. The van der Waals surface area contributed by atoms with E-state index in [-0.39, 0.29) is 6.03 Å². The Balaban J connectivity index is 1.45. The normalized spacial score (nSPS) is 18.6. The topological polar surface area (TPSA) is 70.4 Å². The van der Waals surface area contributed by atoms with E-state index in [1.54, 1.807) is 0 Å². The molecule has 2 aliphatic rings. The number of carbonyl (C=O) groups is 1. The molecule has 0 bridgehead atoms. The number of urea groups is 1. The van der Waals surface area contributed by atoms with Crippen LogP contribution in [0.4, 0.5) is 16.2 Å². The van der Waals surface area contributed by atoms with E-state index in [1.807, 2.05) is 23.1 Å². The van der Waals surface area contributed by atoms with E-state index in [1.165, 1.54) is 12.0 Å². The van der Waals surface area contributed by atoms with Crippen molar-refractivity contribution in [3.63, 3.8) is 0 Å². The average Bonchev–Trinajstić information content (AvgIpc) is 3.13. The van der Waals surface area contributed by atoms with Crippen LogP contribution < -0.4 is 16.4 Å². The molecule has 0 atom stereocenters. The van der Waals surface area contributed by atoms with Crippen LogP contribution in [0, 0.1) is 12.3 Å². The second-order valence-corrected chi connectivity index (χ2v) is 8.01. The smallest absolute Gasteiger partial charge is 0.321 e. The fraction of sp³-hybridized carbons (Fsp3) is 0.409. The third kappa shape index (κ3) is 3.78. The zero-order valence-electron chi connectivity index (χ0n) is 15.9. The molecule has 2 aromatic carbocycles. The van der Waals surface area contributed by atoms with Crippen LogP contribution in [-0.2, 0) is 0 Å². The lowest BCUT2D eigenvalue weighted by atomic mass is 9.78. The molecule has 2 fully saturated rings. The molecule has 142 valence electrons. The van der Waals surface area contributed by atoms with Crippen LogP contribution in [0.15, 0.2) is 42.5 Å². The number of hydrogen-bond donors (Lipinski definition) is 3. The van der Waals surface area contributed by atoms with E-state index in [2.05, 4.69) is 41.8 Å². The van der Waals surface area contributed by atoms with Gasteiger partial charge in [0.15, 0.2) is 0 Å². The zero-order valence-corrected chi connectivity index (χ0v) is 15.9. The van der Waals surface area contributed by atoms with E-state index in [0.717, 1.165) is 50.1 Å². The molecule has 4 rings (SSSR count). The molecule has 2 amide bonds. The van der Waals surface area contributed by atoms with Gasteiger partial charge in [-0.15, -0.1) is 0 Å². The summed E-state index contributed by atoms with van der Waals surface area (Å²) in [5.74, 6) is 0. The van der Waals surface area contributed by atoms with Crippen molar-refractivity contribution in [3.8, 4) is 11.1 Å². The van der Waals surface area contributed by atoms with Gasteiger partial charge in [0.05, 0.1) is 11.4 Å². The molecule has 0 aliphatic carbocycles. The van der Waals surface area contributed by atoms with Crippen molar-refractivity contribution in [2.45, 2.75) is 26.2 Å². The third-order valence-corrected chi connectivity index (χ3v) is 6.12. The summed E-state index contributed by atoms with van der Waals surface area (Å²) < 4.78 is 0. The van der Waals surface area contributed by atoms with Gasteiger partial charge < -0.3 is 21.3 Å². The predicted octanol–water partition coefficient (Wildman–Crippen LogP) is 3.85. The van der Waals surface area contributed by atoms with E-state index in [0.29, 0.717) is 16.8 Å². The summed E-state index contributed by atoms with van der Waals surface area (Å²) in [5, 5.41) is 6.49. The highest BCUT2D eigenvalue weighted by Crippen LogP contribution is 2.37. The van der Waals surface area contributed by atoms with Crippen molar-refractivity contribution < 1.29 is 4.79 Å². The Bertz CT molecular complexity index is 815. The number of rotatable bonds is 2. The van der Waals surface area contributed by atoms with Crippen molar-refractivity contribution in [1.82, 2.24) is 10.2 Å². The third-order valence-electron chi connectivity index (χ3n) is 6.12. The second kappa shape index (κ2) is 7.24. The number of nitrogens with two attached hydrogens (primary N) is 1. The van der Waals surface area contributed by atoms with Crippen LogP contribution in [0.1, 0.15) is 24.8 Å². The first-order valence-corrected chi connectivity index (χ1v) is 9.78. The molecule has 4 N–H and O–H groups in total. The predicted molar refractivity (Wildman–Crippen MR) is 111 cm³/mol. The average molecular weight is 364 g/mol. The van der Waals surface area contributed by atoms with Crippen molar-refractivity contribution in [2.24, 2.45) is 5.41 Å². The summed E-state index contributed by atoms with van der Waals surface area (Å²) in [7, 11) is 0. The lowest BCUT2D eigenvalue weighted by Gasteiger charge is -2.38. The number of carbonyl (C=O) groups excluding carboxylic acids is 1. The minimum absolute atomic E-state index is 0.0523. The van der Waals surface area contributed by atoms with Crippen LogP contribution in [0.5, 0.6) is 0 Å². The lowest BCUT2D eigenvalue weighted by molar-refractivity contribution is 0.137. The Kier molecular flexibility index (Phi) is 4.79. The molecule has 2 saturated heterocycles. The van der Waals surface area contributed by atoms with E-state index < -0.39 is 0 Å². The number of hydrogen-bond acceptors (Lipinski definition) is 3. The highest BCUT2D eigenvalue weighted by Gasteiger charge is 2.38. The van der Waals surface area contributed by atoms with Crippen LogP contribution in [-0.4, -0.2) is 37.1 Å². The first-order chi connectivity index (χ1) is 13.0. The number of nitrogens with zero attached hydrogens (tertiary/aromatic N) is 1. The fourth-order valence-corrected chi connectivity index (χ4v) is 4.19. The standard InChI is InChI=1S/C22H28N4O/c1-16-2-4-17(5-3-16)18-6-7-19(23)20(14-18)25-21(27)26-12-9-22(10-13-26)8-11-24-15-22/h2-7,14,24H,8-13,15,23H2,1H3,(H,25,27). The van der Waals surface area contributed by atoms with Gasteiger partial charge >= 0.3 is 6.03 Å². The van der Waals surface area contributed by atoms with E-state index in [9.17, 15) is 4.79 Å². The molecule has 1 spiro atoms. The van der Waals surface area contributed by atoms with Gasteiger partial charge in [0.1, 0.15) is 0 Å². The van der Waals surface area contributed by atoms with Gasteiger partial charge in [0, 0.05) is 19.6 Å². The van der Waals surface area contributed by atoms with Crippen molar-refractivity contribution in [1.29, 1.82) is 0 Å². The molecule has 0 unspecified atom stereocenters. The minimum Gasteiger partial charge on any atom is -0.397 e. The molecule has 0 saturated carbocycles. The maximum atomic E-state index is 12.8.